The van der Waals surface area contributed by atoms with Gasteiger partial charge in [0.2, 0.25) is 0 Å². The predicted octanol–water partition coefficient (Wildman–Crippen LogP) is 2.51. The quantitative estimate of drug-likeness (QED) is 0.820. The zero-order chi connectivity index (χ0) is 15.3. The van der Waals surface area contributed by atoms with Crippen LogP contribution in [0.3, 0.4) is 0 Å². The highest BCUT2D eigenvalue weighted by Gasteiger charge is 2.25. The van der Waals surface area contributed by atoms with E-state index >= 15 is 0 Å². The molecule has 1 radical (unpaired) electrons. The summed E-state index contributed by atoms with van der Waals surface area (Å²) in [5.74, 6) is 0.390. The van der Waals surface area contributed by atoms with Gasteiger partial charge in [-0.25, -0.2) is 4.79 Å². The van der Waals surface area contributed by atoms with E-state index in [9.17, 15) is 9.59 Å². The Bertz CT molecular complexity index is 563. The Morgan fingerprint density at radius 1 is 1.50 bits per heavy atom. The van der Waals surface area contributed by atoms with Gasteiger partial charge in [-0.3, -0.25) is 4.79 Å². The molecule has 0 aliphatic carbocycles. The third-order valence-corrected chi connectivity index (χ3v) is 3.44. The maximum Gasteiger partial charge on any atom is 0.326 e. The molecule has 0 fully saturated rings. The number of amides is 1. The van der Waals surface area contributed by atoms with Crippen LogP contribution in [0.4, 0.5) is 0 Å². The first kappa shape index (κ1) is 16.1. The average molecular weight is 293 g/mol. The van der Waals surface area contributed by atoms with E-state index in [1.54, 1.807) is 6.92 Å². The minimum Gasteiger partial charge on any atom is -0.480 e. The van der Waals surface area contributed by atoms with E-state index in [1.165, 1.54) is 18.2 Å². The van der Waals surface area contributed by atoms with Crippen LogP contribution in [0.25, 0.3) is 0 Å². The molecule has 1 aromatic carbocycles. The van der Waals surface area contributed by atoms with Gasteiger partial charge in [0.05, 0.1) is 5.02 Å². The minimum absolute atomic E-state index is 0.180. The van der Waals surface area contributed by atoms with Crippen LogP contribution >= 0.6 is 11.6 Å². The summed E-state index contributed by atoms with van der Waals surface area (Å²) in [4.78, 5) is 23.2. The fraction of sp³-hybridized carbons (Fsp3) is 0.333. The third kappa shape index (κ3) is 3.75. The lowest BCUT2D eigenvalue weighted by Gasteiger charge is -2.20. The molecule has 1 rings (SSSR count). The Labute approximate surface area is 123 Å². The summed E-state index contributed by atoms with van der Waals surface area (Å²) in [7, 11) is 0. The van der Waals surface area contributed by atoms with Crippen LogP contribution in [0, 0.1) is 18.3 Å². The van der Waals surface area contributed by atoms with Crippen molar-refractivity contribution in [2.45, 2.75) is 26.3 Å². The molecular formula is C15H15ClNO3. The van der Waals surface area contributed by atoms with Crippen molar-refractivity contribution in [2.75, 3.05) is 0 Å². The number of hydrogen-bond donors (Lipinski definition) is 2. The van der Waals surface area contributed by atoms with E-state index in [0.717, 1.165) is 0 Å². The molecule has 0 saturated heterocycles. The second-order valence-corrected chi connectivity index (χ2v) is 4.90. The van der Waals surface area contributed by atoms with E-state index in [2.05, 4.69) is 11.2 Å². The maximum atomic E-state index is 12.0. The number of carboxylic acid groups (broad SMARTS) is 1. The Morgan fingerprint density at radius 3 is 2.60 bits per heavy atom. The first-order valence-electron chi connectivity index (χ1n) is 6.16. The van der Waals surface area contributed by atoms with E-state index in [0.29, 0.717) is 12.0 Å². The molecule has 2 unspecified atom stereocenters. The van der Waals surface area contributed by atoms with Gasteiger partial charge in [0, 0.05) is 11.1 Å². The Morgan fingerprint density at radius 2 is 2.15 bits per heavy atom. The largest absolute Gasteiger partial charge is 0.480 e. The highest BCUT2D eigenvalue weighted by Crippen LogP contribution is 2.17. The van der Waals surface area contributed by atoms with E-state index in [1.807, 2.05) is 6.92 Å². The molecule has 0 aliphatic heterocycles. The topological polar surface area (TPSA) is 66.4 Å². The van der Waals surface area contributed by atoms with Gasteiger partial charge in [0.15, 0.2) is 0 Å². The monoisotopic (exact) mass is 292 g/mol. The number of carbonyl (C=O) groups excluding carboxylic acids is 1. The van der Waals surface area contributed by atoms with Crippen LogP contribution in [0.5, 0.6) is 0 Å². The van der Waals surface area contributed by atoms with Gasteiger partial charge in [0.1, 0.15) is 6.04 Å². The van der Waals surface area contributed by atoms with E-state index in [-0.39, 0.29) is 16.5 Å². The molecule has 2 atom stereocenters. The van der Waals surface area contributed by atoms with Crippen molar-refractivity contribution < 1.29 is 14.7 Å². The Hall–Kier alpha value is -1.99. The standard InChI is InChI=1S/C15H15ClNO3/c1-4-9(3)13(15(19)20)17-14(18)11-7-6-10(5-2)12(16)8-11/h6-9,13H,4H2,1,3H3,(H,17,18)(H,19,20). The van der Waals surface area contributed by atoms with Crippen LogP contribution < -0.4 is 5.32 Å². The minimum atomic E-state index is -1.07. The molecule has 2 N–H and O–H groups in total. The Kier molecular flexibility index (Phi) is 5.60. The van der Waals surface area contributed by atoms with Crippen molar-refractivity contribution in [3.05, 3.63) is 40.8 Å². The molecule has 1 aromatic rings. The van der Waals surface area contributed by atoms with E-state index < -0.39 is 17.9 Å². The summed E-state index contributed by atoms with van der Waals surface area (Å²) < 4.78 is 0. The lowest BCUT2D eigenvalue weighted by molar-refractivity contribution is -0.140. The average Bonchev–Trinajstić information content (AvgIpc) is 2.43. The van der Waals surface area contributed by atoms with Crippen molar-refractivity contribution in [3.8, 4) is 5.92 Å². The highest BCUT2D eigenvalue weighted by atomic mass is 35.5. The number of rotatable bonds is 5. The summed E-state index contributed by atoms with van der Waals surface area (Å²) >= 11 is 5.88. The highest BCUT2D eigenvalue weighted by molar-refractivity contribution is 6.32. The molecule has 0 heterocycles. The summed E-state index contributed by atoms with van der Waals surface area (Å²) in [5, 5.41) is 11.8. The molecule has 20 heavy (non-hydrogen) atoms. The number of aliphatic carboxylic acids is 1. The third-order valence-electron chi connectivity index (χ3n) is 3.13. The number of benzene rings is 1. The second-order valence-electron chi connectivity index (χ2n) is 4.49. The number of hydrogen-bond acceptors (Lipinski definition) is 2. The molecule has 4 nitrogen and oxygen atoms in total. The molecular weight excluding hydrogens is 278 g/mol. The van der Waals surface area contributed by atoms with Gasteiger partial charge >= 0.3 is 5.97 Å². The summed E-state index contributed by atoms with van der Waals surface area (Å²) in [6.07, 6.45) is 7.64. The molecule has 0 saturated carbocycles. The number of carboxylic acids is 1. The van der Waals surface area contributed by atoms with Gasteiger partial charge in [-0.15, -0.1) is 0 Å². The summed E-state index contributed by atoms with van der Waals surface area (Å²) in [5.41, 5.74) is 0.628. The van der Waals surface area contributed by atoms with Crippen LogP contribution in [0.15, 0.2) is 18.2 Å². The SMILES string of the molecule is [C]#Cc1ccc(C(=O)NC(C(=O)O)C(C)CC)cc1Cl. The lowest BCUT2D eigenvalue weighted by atomic mass is 9.99. The van der Waals surface area contributed by atoms with Crippen molar-refractivity contribution in [1.29, 1.82) is 0 Å². The van der Waals surface area contributed by atoms with Crippen molar-refractivity contribution in [1.82, 2.24) is 5.32 Å². The molecule has 0 bridgehead atoms. The molecule has 105 valence electrons. The molecule has 0 aromatic heterocycles. The van der Waals surface area contributed by atoms with Crippen LogP contribution in [0.2, 0.25) is 5.02 Å². The number of halogens is 1. The molecule has 1 amide bonds. The van der Waals surface area contributed by atoms with Crippen molar-refractivity contribution in [2.24, 2.45) is 5.92 Å². The number of nitrogens with one attached hydrogen (secondary N) is 1. The van der Waals surface area contributed by atoms with Crippen LogP contribution in [0.1, 0.15) is 36.2 Å². The summed E-state index contributed by atoms with van der Waals surface area (Å²) in [6, 6.07) is 3.42. The lowest BCUT2D eigenvalue weighted by Crippen LogP contribution is -2.45. The normalized spacial score (nSPS) is 13.1. The molecule has 0 spiro atoms. The van der Waals surface area contributed by atoms with E-state index in [4.69, 9.17) is 23.1 Å². The summed E-state index contributed by atoms with van der Waals surface area (Å²) in [6.45, 7) is 3.62. The molecule has 5 heteroatoms. The fourth-order valence-electron chi connectivity index (χ4n) is 1.67. The van der Waals surface area contributed by atoms with Crippen LogP contribution in [-0.4, -0.2) is 23.0 Å². The molecule has 0 aliphatic rings. The number of carbonyl (C=O) groups is 2. The first-order chi connectivity index (χ1) is 9.40. The van der Waals surface area contributed by atoms with Gasteiger partial charge in [-0.2, -0.15) is 0 Å². The smallest absolute Gasteiger partial charge is 0.326 e. The van der Waals surface area contributed by atoms with Crippen LogP contribution in [-0.2, 0) is 4.79 Å². The second kappa shape index (κ2) is 6.97. The first-order valence-corrected chi connectivity index (χ1v) is 6.54. The van der Waals surface area contributed by atoms with Gasteiger partial charge in [-0.1, -0.05) is 37.8 Å². The predicted molar refractivity (Wildman–Crippen MR) is 76.0 cm³/mol. The zero-order valence-corrected chi connectivity index (χ0v) is 12.0. The van der Waals surface area contributed by atoms with Crippen molar-refractivity contribution in [3.63, 3.8) is 0 Å². The van der Waals surface area contributed by atoms with Gasteiger partial charge in [-0.05, 0) is 30.5 Å². The van der Waals surface area contributed by atoms with Gasteiger partial charge < -0.3 is 10.4 Å². The van der Waals surface area contributed by atoms with Crippen molar-refractivity contribution >= 4 is 23.5 Å². The fourth-order valence-corrected chi connectivity index (χ4v) is 1.89. The Balaban J connectivity index is 2.93. The zero-order valence-electron chi connectivity index (χ0n) is 11.2. The maximum absolute atomic E-state index is 12.0. The van der Waals surface area contributed by atoms with Gasteiger partial charge in [0.25, 0.3) is 5.91 Å².